The average Bonchev–Trinajstić information content (AvgIpc) is 2.84. The fraction of sp³-hybridized carbons (Fsp3) is 1.00. The van der Waals surface area contributed by atoms with Gasteiger partial charge < -0.3 is 30.1 Å². The highest BCUT2D eigenvalue weighted by Gasteiger charge is 2.43. The van der Waals surface area contributed by atoms with E-state index >= 15 is 0 Å². The lowest BCUT2D eigenvalue weighted by Crippen LogP contribution is -2.61. The highest BCUT2D eigenvalue weighted by atomic mass is 16.6. The van der Waals surface area contributed by atoms with E-state index in [2.05, 4.69) is 5.32 Å². The number of ether oxygens (including phenoxy) is 2. The molecule has 4 N–H and O–H groups in total. The molecule has 106 valence electrons. The number of hydrogen-bond acceptors (Lipinski definition) is 6. The Morgan fingerprint density at radius 1 is 1.17 bits per heavy atom. The second-order valence-corrected chi connectivity index (χ2v) is 5.42. The van der Waals surface area contributed by atoms with E-state index in [1.807, 2.05) is 0 Å². The summed E-state index contributed by atoms with van der Waals surface area (Å²) in [5.41, 5.74) is -1.23. The summed E-state index contributed by atoms with van der Waals surface area (Å²) in [6.07, 6.45) is 2.48. The zero-order valence-electron chi connectivity index (χ0n) is 10.6. The summed E-state index contributed by atoms with van der Waals surface area (Å²) in [5, 5.41) is 31.2. The second kappa shape index (κ2) is 5.81. The van der Waals surface area contributed by atoms with E-state index in [1.165, 1.54) is 0 Å². The van der Waals surface area contributed by atoms with Crippen molar-refractivity contribution < 1.29 is 24.8 Å². The van der Waals surface area contributed by atoms with Gasteiger partial charge >= 0.3 is 0 Å². The van der Waals surface area contributed by atoms with Crippen LogP contribution in [0.2, 0.25) is 0 Å². The molecule has 0 radical (unpaired) electrons. The van der Waals surface area contributed by atoms with Gasteiger partial charge in [-0.15, -0.1) is 0 Å². The van der Waals surface area contributed by atoms with Crippen LogP contribution in [0.25, 0.3) is 0 Å². The third kappa shape index (κ3) is 2.84. The van der Waals surface area contributed by atoms with Crippen molar-refractivity contribution in [3.63, 3.8) is 0 Å². The molecule has 1 spiro atoms. The van der Waals surface area contributed by atoms with E-state index in [-0.39, 0.29) is 31.5 Å². The summed E-state index contributed by atoms with van der Waals surface area (Å²) in [4.78, 5) is 0. The van der Waals surface area contributed by atoms with Crippen molar-refractivity contribution in [1.82, 2.24) is 5.32 Å². The Hall–Kier alpha value is -0.240. The Kier molecular flexibility index (Phi) is 4.58. The molecule has 0 aromatic carbocycles. The molecule has 0 aromatic rings. The molecule has 6 nitrogen and oxygen atoms in total. The Labute approximate surface area is 107 Å². The van der Waals surface area contributed by atoms with Crippen molar-refractivity contribution in [2.45, 2.75) is 36.4 Å². The number of aliphatic hydroxyl groups excluding tert-OH is 3. The van der Waals surface area contributed by atoms with Gasteiger partial charge in [0.05, 0.1) is 37.6 Å². The predicted molar refractivity (Wildman–Crippen MR) is 64.3 cm³/mol. The molecular weight excluding hydrogens is 238 g/mol. The van der Waals surface area contributed by atoms with Crippen LogP contribution < -0.4 is 5.32 Å². The first-order chi connectivity index (χ1) is 8.67. The Bertz CT molecular complexity index is 255. The SMILES string of the molecule is OCC(CO)(CO)NC1CCOC2(CCOC2)C1. The van der Waals surface area contributed by atoms with E-state index in [1.54, 1.807) is 0 Å². The van der Waals surface area contributed by atoms with Crippen molar-refractivity contribution in [3.05, 3.63) is 0 Å². The van der Waals surface area contributed by atoms with E-state index in [4.69, 9.17) is 9.47 Å². The molecule has 2 aliphatic heterocycles. The van der Waals surface area contributed by atoms with Gasteiger partial charge in [-0.1, -0.05) is 0 Å². The maximum Gasteiger partial charge on any atom is 0.0951 e. The van der Waals surface area contributed by atoms with Crippen LogP contribution in [-0.2, 0) is 9.47 Å². The summed E-state index contributed by atoms with van der Waals surface area (Å²) in [5.74, 6) is 0. The maximum absolute atomic E-state index is 9.33. The Morgan fingerprint density at radius 2 is 1.89 bits per heavy atom. The van der Waals surface area contributed by atoms with E-state index < -0.39 is 5.54 Å². The van der Waals surface area contributed by atoms with Gasteiger partial charge in [0.1, 0.15) is 0 Å². The van der Waals surface area contributed by atoms with Crippen LogP contribution in [0.1, 0.15) is 19.3 Å². The third-order valence-electron chi connectivity index (χ3n) is 3.98. The molecule has 2 fully saturated rings. The molecule has 2 saturated heterocycles. The number of hydrogen-bond donors (Lipinski definition) is 4. The zero-order chi connectivity index (χ0) is 13.1. The van der Waals surface area contributed by atoms with Gasteiger partial charge in [0, 0.05) is 25.7 Å². The summed E-state index contributed by atoms with van der Waals surface area (Å²) < 4.78 is 11.2. The predicted octanol–water partition coefficient (Wildman–Crippen LogP) is -1.37. The molecule has 0 aliphatic carbocycles. The lowest BCUT2D eigenvalue weighted by Gasteiger charge is -2.41. The van der Waals surface area contributed by atoms with Crippen molar-refractivity contribution >= 4 is 0 Å². The molecule has 0 saturated carbocycles. The van der Waals surface area contributed by atoms with Crippen molar-refractivity contribution in [3.8, 4) is 0 Å². The highest BCUT2D eigenvalue weighted by molar-refractivity contribution is 4.97. The van der Waals surface area contributed by atoms with E-state index in [0.29, 0.717) is 13.2 Å². The summed E-state index contributed by atoms with van der Waals surface area (Å²) in [6.45, 7) is 1.09. The van der Waals surface area contributed by atoms with Gasteiger partial charge in [-0.05, 0) is 12.8 Å². The molecule has 2 heterocycles. The van der Waals surface area contributed by atoms with E-state index in [0.717, 1.165) is 25.9 Å². The standard InChI is InChI=1S/C12H23NO5/c14-6-11(7-15,8-16)13-10-1-3-18-12(5-10)2-4-17-9-12/h10,13-16H,1-9H2. The first kappa shape index (κ1) is 14.2. The molecule has 18 heavy (non-hydrogen) atoms. The molecule has 0 bridgehead atoms. The monoisotopic (exact) mass is 261 g/mol. The minimum Gasteiger partial charge on any atom is -0.394 e. The minimum absolute atomic E-state index is 0.117. The van der Waals surface area contributed by atoms with Crippen molar-refractivity contribution in [1.29, 1.82) is 0 Å². The van der Waals surface area contributed by atoms with Crippen molar-refractivity contribution in [2.24, 2.45) is 0 Å². The molecule has 2 unspecified atom stereocenters. The largest absolute Gasteiger partial charge is 0.394 e. The van der Waals surface area contributed by atoms with Gasteiger partial charge in [0.25, 0.3) is 0 Å². The molecule has 2 atom stereocenters. The van der Waals surface area contributed by atoms with Crippen LogP contribution in [0.15, 0.2) is 0 Å². The normalized spacial score (nSPS) is 33.2. The van der Waals surface area contributed by atoms with Crippen molar-refractivity contribution in [2.75, 3.05) is 39.6 Å². The van der Waals surface area contributed by atoms with Crippen LogP contribution in [-0.4, -0.2) is 72.1 Å². The summed E-state index contributed by atoms with van der Waals surface area (Å²) in [7, 11) is 0. The van der Waals surface area contributed by atoms with Crippen LogP contribution in [0.3, 0.4) is 0 Å². The van der Waals surface area contributed by atoms with Gasteiger partial charge in [-0.2, -0.15) is 0 Å². The van der Waals surface area contributed by atoms with Gasteiger partial charge in [0.2, 0.25) is 0 Å². The first-order valence-corrected chi connectivity index (χ1v) is 6.50. The Morgan fingerprint density at radius 3 is 2.44 bits per heavy atom. The highest BCUT2D eigenvalue weighted by Crippen LogP contribution is 2.33. The average molecular weight is 261 g/mol. The van der Waals surface area contributed by atoms with Crippen LogP contribution in [0, 0.1) is 0 Å². The smallest absolute Gasteiger partial charge is 0.0951 e. The van der Waals surface area contributed by atoms with Crippen LogP contribution >= 0.6 is 0 Å². The number of rotatable bonds is 5. The summed E-state index contributed by atoms with van der Waals surface area (Å²) >= 11 is 0. The molecule has 2 aliphatic rings. The van der Waals surface area contributed by atoms with E-state index in [9.17, 15) is 15.3 Å². The van der Waals surface area contributed by atoms with Gasteiger partial charge in [-0.3, -0.25) is 0 Å². The van der Waals surface area contributed by atoms with Gasteiger partial charge in [-0.25, -0.2) is 0 Å². The lowest BCUT2D eigenvalue weighted by atomic mass is 9.88. The zero-order valence-corrected chi connectivity index (χ0v) is 10.6. The topological polar surface area (TPSA) is 91.2 Å². The molecule has 0 aromatic heterocycles. The summed E-state index contributed by atoms with van der Waals surface area (Å²) in [6, 6.07) is 0.117. The van der Waals surface area contributed by atoms with Gasteiger partial charge in [0.15, 0.2) is 0 Å². The van der Waals surface area contributed by atoms with Crippen LogP contribution in [0.5, 0.6) is 0 Å². The quantitative estimate of drug-likeness (QED) is 0.488. The lowest BCUT2D eigenvalue weighted by molar-refractivity contribution is -0.0968. The minimum atomic E-state index is -1.01. The molecular formula is C12H23NO5. The molecule has 6 heteroatoms. The molecule has 2 rings (SSSR count). The third-order valence-corrected chi connectivity index (χ3v) is 3.98. The molecule has 0 amide bonds. The first-order valence-electron chi connectivity index (χ1n) is 6.50. The fourth-order valence-corrected chi connectivity index (χ4v) is 2.73. The second-order valence-electron chi connectivity index (χ2n) is 5.42. The van der Waals surface area contributed by atoms with Crippen LogP contribution in [0.4, 0.5) is 0 Å². The fourth-order valence-electron chi connectivity index (χ4n) is 2.73. The maximum atomic E-state index is 9.33. The number of nitrogens with one attached hydrogen (secondary N) is 1. The number of aliphatic hydroxyl groups is 3. The Balaban J connectivity index is 1.96.